The topological polar surface area (TPSA) is 67.2 Å². The molecule has 178 valence electrons. The van der Waals surface area contributed by atoms with Gasteiger partial charge in [-0.05, 0) is 49.1 Å². The van der Waals surface area contributed by atoms with Crippen molar-refractivity contribution in [1.82, 2.24) is 19.4 Å². The van der Waals surface area contributed by atoms with Crippen LogP contribution in [0.15, 0.2) is 60.9 Å². The molecule has 0 spiro atoms. The summed E-state index contributed by atoms with van der Waals surface area (Å²) in [5, 5.41) is 4.34. The molecule has 2 saturated heterocycles. The summed E-state index contributed by atoms with van der Waals surface area (Å²) in [6.07, 6.45) is 5.97. The highest BCUT2D eigenvalue weighted by Crippen LogP contribution is 2.34. The SMILES string of the molecule is CC1(C(=O)N2CCOC[C@@H](Cc3cccn4nccc34)C2)CCN(C(=O)c2ccccc2)CC1. The molecule has 0 bridgehead atoms. The first kappa shape index (κ1) is 22.6. The fraction of sp³-hybridized carbons (Fsp3) is 0.444. The van der Waals surface area contributed by atoms with Crippen molar-refractivity contribution in [3.8, 4) is 0 Å². The summed E-state index contributed by atoms with van der Waals surface area (Å²) < 4.78 is 7.79. The molecule has 7 heteroatoms. The molecule has 1 aromatic carbocycles. The molecule has 0 radical (unpaired) electrons. The maximum Gasteiger partial charge on any atom is 0.253 e. The van der Waals surface area contributed by atoms with Gasteiger partial charge in [-0.15, -0.1) is 0 Å². The summed E-state index contributed by atoms with van der Waals surface area (Å²) >= 11 is 0. The van der Waals surface area contributed by atoms with E-state index in [-0.39, 0.29) is 17.7 Å². The van der Waals surface area contributed by atoms with E-state index in [0.29, 0.717) is 57.8 Å². The predicted molar refractivity (Wildman–Crippen MR) is 129 cm³/mol. The van der Waals surface area contributed by atoms with Gasteiger partial charge in [0.1, 0.15) is 0 Å². The second-order valence-electron chi connectivity index (χ2n) is 9.81. The Morgan fingerprint density at radius 1 is 1.03 bits per heavy atom. The first-order valence-corrected chi connectivity index (χ1v) is 12.2. The molecule has 0 N–H and O–H groups in total. The Hall–Kier alpha value is -3.19. The fourth-order valence-corrected chi connectivity index (χ4v) is 5.25. The first-order valence-electron chi connectivity index (χ1n) is 12.2. The monoisotopic (exact) mass is 460 g/mol. The molecule has 0 unspecified atom stereocenters. The third kappa shape index (κ3) is 4.57. The van der Waals surface area contributed by atoms with Crippen molar-refractivity contribution in [3.05, 3.63) is 72.1 Å². The maximum atomic E-state index is 13.7. The lowest BCUT2D eigenvalue weighted by molar-refractivity contribution is -0.144. The lowest BCUT2D eigenvalue weighted by Crippen LogP contribution is -2.51. The van der Waals surface area contributed by atoms with E-state index in [1.807, 2.05) is 69.2 Å². The van der Waals surface area contributed by atoms with Crippen molar-refractivity contribution in [3.63, 3.8) is 0 Å². The molecular weight excluding hydrogens is 428 g/mol. The highest BCUT2D eigenvalue weighted by Gasteiger charge is 2.41. The highest BCUT2D eigenvalue weighted by atomic mass is 16.5. The Labute approximate surface area is 200 Å². The largest absolute Gasteiger partial charge is 0.379 e. The van der Waals surface area contributed by atoms with Gasteiger partial charge in [0, 0.05) is 55.5 Å². The number of fused-ring (bicyclic) bond motifs is 1. The molecule has 1 atom stereocenters. The lowest BCUT2D eigenvalue weighted by atomic mass is 9.78. The van der Waals surface area contributed by atoms with E-state index >= 15 is 0 Å². The highest BCUT2D eigenvalue weighted by molar-refractivity contribution is 5.94. The maximum absolute atomic E-state index is 13.7. The normalized spacial score (nSPS) is 20.8. The summed E-state index contributed by atoms with van der Waals surface area (Å²) in [5.41, 5.74) is 2.58. The predicted octanol–water partition coefficient (Wildman–Crippen LogP) is 3.29. The Bertz CT molecular complexity index is 1150. The van der Waals surface area contributed by atoms with E-state index in [1.165, 1.54) is 5.56 Å². The number of aromatic nitrogens is 2. The van der Waals surface area contributed by atoms with Crippen LogP contribution in [0.25, 0.3) is 5.52 Å². The Kier molecular flexibility index (Phi) is 6.37. The Morgan fingerprint density at radius 3 is 2.62 bits per heavy atom. The van der Waals surface area contributed by atoms with Crippen LogP contribution in [0.1, 0.15) is 35.7 Å². The van der Waals surface area contributed by atoms with Crippen LogP contribution in [0, 0.1) is 11.3 Å². The second kappa shape index (κ2) is 9.58. The molecule has 2 aliphatic rings. The molecule has 4 heterocycles. The van der Waals surface area contributed by atoms with Crippen LogP contribution < -0.4 is 0 Å². The summed E-state index contributed by atoms with van der Waals surface area (Å²) in [6.45, 7) is 5.79. The number of hydrogen-bond donors (Lipinski definition) is 0. The van der Waals surface area contributed by atoms with E-state index in [2.05, 4.69) is 18.1 Å². The standard InChI is InChI=1S/C27H32N4O3/c1-27(10-14-29(15-11-27)25(32)22-6-3-2-4-7-22)26(33)30-16-17-34-20-21(19-30)18-23-8-5-13-31-24(23)9-12-28-31/h2-9,12-13,21H,10-11,14-20H2,1H3/t21-/m0/s1. The fourth-order valence-electron chi connectivity index (χ4n) is 5.25. The van der Waals surface area contributed by atoms with Gasteiger partial charge in [-0.2, -0.15) is 5.10 Å². The lowest BCUT2D eigenvalue weighted by Gasteiger charge is -2.41. The average molecular weight is 461 g/mol. The van der Waals surface area contributed by atoms with Gasteiger partial charge < -0.3 is 14.5 Å². The number of rotatable bonds is 4. The number of pyridine rings is 1. The minimum absolute atomic E-state index is 0.0485. The average Bonchev–Trinajstić information content (AvgIpc) is 3.24. The van der Waals surface area contributed by atoms with Crippen molar-refractivity contribution >= 4 is 17.3 Å². The molecule has 0 aliphatic carbocycles. The molecule has 2 aliphatic heterocycles. The number of piperidine rings is 1. The van der Waals surface area contributed by atoms with Gasteiger partial charge in [0.15, 0.2) is 0 Å². The van der Waals surface area contributed by atoms with Crippen LogP contribution in [0.3, 0.4) is 0 Å². The zero-order valence-electron chi connectivity index (χ0n) is 19.7. The van der Waals surface area contributed by atoms with Crippen molar-refractivity contribution < 1.29 is 14.3 Å². The number of ether oxygens (including phenoxy) is 1. The Balaban J connectivity index is 1.23. The van der Waals surface area contributed by atoms with Gasteiger partial charge >= 0.3 is 0 Å². The zero-order valence-corrected chi connectivity index (χ0v) is 19.7. The molecule has 7 nitrogen and oxygen atoms in total. The summed E-state index contributed by atoms with van der Waals surface area (Å²) in [5.74, 6) is 0.473. The second-order valence-corrected chi connectivity index (χ2v) is 9.81. The van der Waals surface area contributed by atoms with Gasteiger partial charge in [0.05, 0.1) is 18.7 Å². The first-order chi connectivity index (χ1) is 16.5. The molecule has 5 rings (SSSR count). The molecule has 3 aromatic rings. The van der Waals surface area contributed by atoms with E-state index in [9.17, 15) is 9.59 Å². The van der Waals surface area contributed by atoms with Crippen LogP contribution in [-0.2, 0) is 16.0 Å². The molecule has 2 fully saturated rings. The van der Waals surface area contributed by atoms with Crippen LogP contribution in [0.5, 0.6) is 0 Å². The number of carbonyl (C=O) groups excluding carboxylic acids is 2. The summed E-state index contributed by atoms with van der Waals surface area (Å²) in [4.78, 5) is 30.4. The minimum atomic E-state index is -0.451. The molecule has 0 saturated carbocycles. The zero-order chi connectivity index (χ0) is 23.5. The summed E-state index contributed by atoms with van der Waals surface area (Å²) in [6, 6.07) is 15.6. The third-order valence-corrected chi connectivity index (χ3v) is 7.35. The van der Waals surface area contributed by atoms with E-state index in [1.54, 1.807) is 0 Å². The number of nitrogens with zero attached hydrogens (tertiary/aromatic N) is 4. The molecule has 34 heavy (non-hydrogen) atoms. The molecular formula is C27H32N4O3. The van der Waals surface area contributed by atoms with Gasteiger partial charge in [-0.1, -0.05) is 31.2 Å². The van der Waals surface area contributed by atoms with Crippen LogP contribution >= 0.6 is 0 Å². The Morgan fingerprint density at radius 2 is 1.82 bits per heavy atom. The van der Waals surface area contributed by atoms with Gasteiger partial charge in [-0.25, -0.2) is 4.52 Å². The van der Waals surface area contributed by atoms with Crippen LogP contribution in [0.4, 0.5) is 0 Å². The third-order valence-electron chi connectivity index (χ3n) is 7.35. The molecule has 2 amide bonds. The van der Waals surface area contributed by atoms with Crippen molar-refractivity contribution in [2.45, 2.75) is 26.2 Å². The minimum Gasteiger partial charge on any atom is -0.379 e. The summed E-state index contributed by atoms with van der Waals surface area (Å²) in [7, 11) is 0. The van der Waals surface area contributed by atoms with Gasteiger partial charge in [-0.3, -0.25) is 9.59 Å². The number of amides is 2. The number of hydrogen-bond acceptors (Lipinski definition) is 4. The van der Waals surface area contributed by atoms with Crippen LogP contribution in [0.2, 0.25) is 0 Å². The molecule has 2 aromatic heterocycles. The number of benzene rings is 1. The van der Waals surface area contributed by atoms with Crippen LogP contribution in [-0.4, -0.2) is 70.6 Å². The van der Waals surface area contributed by atoms with Crippen molar-refractivity contribution in [1.29, 1.82) is 0 Å². The van der Waals surface area contributed by atoms with E-state index in [4.69, 9.17) is 4.74 Å². The number of likely N-dealkylation sites (tertiary alicyclic amines) is 1. The van der Waals surface area contributed by atoms with E-state index in [0.717, 1.165) is 11.9 Å². The van der Waals surface area contributed by atoms with Gasteiger partial charge in [0.25, 0.3) is 5.91 Å². The smallest absolute Gasteiger partial charge is 0.253 e. The number of carbonyl (C=O) groups is 2. The quantitative estimate of drug-likeness (QED) is 0.599. The van der Waals surface area contributed by atoms with Crippen molar-refractivity contribution in [2.24, 2.45) is 11.3 Å². The van der Waals surface area contributed by atoms with E-state index < -0.39 is 5.41 Å². The van der Waals surface area contributed by atoms with Crippen molar-refractivity contribution in [2.75, 3.05) is 39.4 Å². The van der Waals surface area contributed by atoms with Gasteiger partial charge in [0.2, 0.25) is 5.91 Å².